The zero-order valence-electron chi connectivity index (χ0n) is 15.4. The lowest BCUT2D eigenvalue weighted by molar-refractivity contribution is -0.152. The third kappa shape index (κ3) is 6.14. The van der Waals surface area contributed by atoms with Crippen LogP contribution in [0.1, 0.15) is 22.8 Å². The number of aryl methyl sites for hydroxylation is 1. The summed E-state index contributed by atoms with van der Waals surface area (Å²) in [6, 6.07) is 13.8. The summed E-state index contributed by atoms with van der Waals surface area (Å²) in [5.74, 6) is -0.984. The van der Waals surface area contributed by atoms with E-state index in [4.69, 9.17) is 9.47 Å². The Morgan fingerprint density at radius 1 is 1.07 bits per heavy atom. The molecule has 0 aromatic heterocycles. The quantitative estimate of drug-likeness (QED) is 0.730. The van der Waals surface area contributed by atoms with Gasteiger partial charge in [-0.3, -0.25) is 14.4 Å². The lowest BCUT2D eigenvalue weighted by Gasteiger charge is -2.14. The van der Waals surface area contributed by atoms with Gasteiger partial charge in [0.2, 0.25) is 0 Å². The van der Waals surface area contributed by atoms with Crippen molar-refractivity contribution >= 4 is 23.5 Å². The Hall–Kier alpha value is -3.35. The smallest absolute Gasteiger partial charge is 0.326 e. The topological polar surface area (TPSA) is 93.7 Å². The number of carbonyl (C=O) groups excluding carboxylic acids is 3. The van der Waals surface area contributed by atoms with Crippen LogP contribution in [0, 0.1) is 6.92 Å². The average Bonchev–Trinajstić information content (AvgIpc) is 2.66. The van der Waals surface area contributed by atoms with E-state index < -0.39 is 18.0 Å². The molecule has 2 amide bonds. The van der Waals surface area contributed by atoms with Crippen LogP contribution < -0.4 is 15.4 Å². The summed E-state index contributed by atoms with van der Waals surface area (Å²) >= 11 is 0. The van der Waals surface area contributed by atoms with Gasteiger partial charge in [0, 0.05) is 17.3 Å². The summed E-state index contributed by atoms with van der Waals surface area (Å²) in [5, 5.41) is 5.10. The molecule has 2 N–H and O–H groups in total. The SMILES string of the molecule is COc1cccc(NC(=O)C(C)OC(=O)CNC(=O)c2ccc(C)cc2)c1. The number of ether oxygens (including phenoxy) is 2. The fourth-order valence-corrected chi connectivity index (χ4v) is 2.20. The molecule has 0 bridgehead atoms. The Balaban J connectivity index is 1.80. The largest absolute Gasteiger partial charge is 0.497 e. The summed E-state index contributed by atoms with van der Waals surface area (Å²) < 4.78 is 10.1. The number of carbonyl (C=O) groups is 3. The Morgan fingerprint density at radius 3 is 2.44 bits per heavy atom. The monoisotopic (exact) mass is 370 g/mol. The van der Waals surface area contributed by atoms with Crippen LogP contribution in [0.2, 0.25) is 0 Å². The normalized spacial score (nSPS) is 11.2. The molecule has 1 atom stereocenters. The molecule has 2 aromatic rings. The van der Waals surface area contributed by atoms with Gasteiger partial charge in [0.05, 0.1) is 7.11 Å². The minimum absolute atomic E-state index is 0.330. The highest BCUT2D eigenvalue weighted by Gasteiger charge is 2.18. The third-order valence-electron chi connectivity index (χ3n) is 3.72. The first-order chi connectivity index (χ1) is 12.9. The van der Waals surface area contributed by atoms with Gasteiger partial charge in [-0.15, -0.1) is 0 Å². The molecule has 0 radical (unpaired) electrons. The van der Waals surface area contributed by atoms with Crippen LogP contribution in [0.15, 0.2) is 48.5 Å². The molecule has 0 aliphatic rings. The zero-order valence-corrected chi connectivity index (χ0v) is 15.4. The second kappa shape index (κ2) is 9.38. The van der Waals surface area contributed by atoms with E-state index in [0.717, 1.165) is 5.56 Å². The Bertz CT molecular complexity index is 817. The van der Waals surface area contributed by atoms with Gasteiger partial charge in [-0.05, 0) is 38.1 Å². The number of hydrogen-bond acceptors (Lipinski definition) is 5. The summed E-state index contributed by atoms with van der Waals surface area (Å²) in [6.45, 7) is 3.04. The molecule has 7 heteroatoms. The van der Waals surface area contributed by atoms with Crippen LogP contribution in [-0.4, -0.2) is 37.5 Å². The van der Waals surface area contributed by atoms with Crippen LogP contribution in [0.25, 0.3) is 0 Å². The van der Waals surface area contributed by atoms with Crippen LogP contribution in [0.5, 0.6) is 5.75 Å². The molecule has 1 unspecified atom stereocenters. The molecule has 0 spiro atoms. The first-order valence-corrected chi connectivity index (χ1v) is 8.38. The Morgan fingerprint density at radius 2 is 1.78 bits per heavy atom. The lowest BCUT2D eigenvalue weighted by Crippen LogP contribution is -2.35. The maximum absolute atomic E-state index is 12.1. The van der Waals surface area contributed by atoms with Gasteiger partial charge in [-0.1, -0.05) is 23.8 Å². The first kappa shape index (κ1) is 20.0. The van der Waals surface area contributed by atoms with Crippen molar-refractivity contribution in [1.82, 2.24) is 5.32 Å². The number of anilines is 1. The molecule has 7 nitrogen and oxygen atoms in total. The first-order valence-electron chi connectivity index (χ1n) is 8.38. The minimum atomic E-state index is -1.01. The molecule has 0 aliphatic heterocycles. The fourth-order valence-electron chi connectivity index (χ4n) is 2.20. The van der Waals surface area contributed by atoms with Gasteiger partial charge < -0.3 is 20.1 Å². The summed E-state index contributed by atoms with van der Waals surface area (Å²) in [7, 11) is 1.52. The van der Waals surface area contributed by atoms with Gasteiger partial charge >= 0.3 is 5.97 Å². The van der Waals surface area contributed by atoms with Gasteiger partial charge in [-0.25, -0.2) is 0 Å². The molecule has 27 heavy (non-hydrogen) atoms. The molecule has 2 rings (SSSR count). The van der Waals surface area contributed by atoms with Crippen LogP contribution in [0.4, 0.5) is 5.69 Å². The molecule has 2 aromatic carbocycles. The minimum Gasteiger partial charge on any atom is -0.497 e. The van der Waals surface area contributed by atoms with Crippen molar-refractivity contribution in [3.63, 3.8) is 0 Å². The second-order valence-electron chi connectivity index (χ2n) is 5.90. The molecule has 0 heterocycles. The van der Waals surface area contributed by atoms with E-state index in [-0.39, 0.29) is 12.5 Å². The number of rotatable bonds is 7. The highest BCUT2D eigenvalue weighted by atomic mass is 16.5. The van der Waals surface area contributed by atoms with E-state index in [9.17, 15) is 14.4 Å². The summed E-state index contributed by atoms with van der Waals surface area (Å²) in [5.41, 5.74) is 1.99. The van der Waals surface area contributed by atoms with Crippen LogP contribution >= 0.6 is 0 Å². The van der Waals surface area contributed by atoms with Gasteiger partial charge in [0.15, 0.2) is 6.10 Å². The van der Waals surface area contributed by atoms with Crippen molar-refractivity contribution in [1.29, 1.82) is 0 Å². The van der Waals surface area contributed by atoms with E-state index in [1.807, 2.05) is 6.92 Å². The predicted molar refractivity (Wildman–Crippen MR) is 101 cm³/mol. The molecular weight excluding hydrogens is 348 g/mol. The highest BCUT2D eigenvalue weighted by molar-refractivity contribution is 5.97. The molecule has 0 aliphatic carbocycles. The maximum Gasteiger partial charge on any atom is 0.326 e. The number of hydrogen-bond donors (Lipinski definition) is 2. The van der Waals surface area contributed by atoms with Crippen LogP contribution in [0.3, 0.4) is 0 Å². The summed E-state index contributed by atoms with van der Waals surface area (Å²) in [6.07, 6.45) is -1.01. The number of esters is 1. The zero-order chi connectivity index (χ0) is 19.8. The van der Waals surface area contributed by atoms with Crippen molar-refractivity contribution < 1.29 is 23.9 Å². The standard InChI is InChI=1S/C20H22N2O5/c1-13-7-9-15(10-8-13)20(25)21-12-18(23)27-14(2)19(24)22-16-5-4-6-17(11-16)26-3/h4-11,14H,12H2,1-3H3,(H,21,25)(H,22,24). The molecule has 0 saturated heterocycles. The number of amides is 2. The van der Waals surface area contributed by atoms with Gasteiger partial charge in [0.1, 0.15) is 12.3 Å². The molecule has 0 saturated carbocycles. The van der Waals surface area contributed by atoms with E-state index >= 15 is 0 Å². The van der Waals surface area contributed by atoms with Gasteiger partial charge in [0.25, 0.3) is 11.8 Å². The van der Waals surface area contributed by atoms with E-state index in [0.29, 0.717) is 17.0 Å². The van der Waals surface area contributed by atoms with Gasteiger partial charge in [-0.2, -0.15) is 0 Å². The van der Waals surface area contributed by atoms with E-state index in [2.05, 4.69) is 10.6 Å². The fraction of sp³-hybridized carbons (Fsp3) is 0.250. The van der Waals surface area contributed by atoms with E-state index in [1.54, 1.807) is 48.5 Å². The number of benzene rings is 2. The predicted octanol–water partition coefficient (Wildman–Crippen LogP) is 2.30. The van der Waals surface area contributed by atoms with Crippen molar-refractivity contribution in [3.05, 3.63) is 59.7 Å². The number of methoxy groups -OCH3 is 1. The maximum atomic E-state index is 12.1. The average molecular weight is 370 g/mol. The second-order valence-corrected chi connectivity index (χ2v) is 5.90. The van der Waals surface area contributed by atoms with Crippen molar-refractivity contribution in [2.45, 2.75) is 20.0 Å². The number of nitrogens with one attached hydrogen (secondary N) is 2. The van der Waals surface area contributed by atoms with Crippen LogP contribution in [-0.2, 0) is 14.3 Å². The Kier molecular flexibility index (Phi) is 6.93. The molecule has 0 fully saturated rings. The lowest BCUT2D eigenvalue weighted by atomic mass is 10.1. The summed E-state index contributed by atoms with van der Waals surface area (Å²) in [4.78, 5) is 36.0. The molecule has 142 valence electrons. The van der Waals surface area contributed by atoms with Crippen molar-refractivity contribution in [2.75, 3.05) is 19.0 Å². The third-order valence-corrected chi connectivity index (χ3v) is 3.72. The van der Waals surface area contributed by atoms with E-state index in [1.165, 1.54) is 14.0 Å². The Labute approximate surface area is 157 Å². The molecular formula is C20H22N2O5. The van der Waals surface area contributed by atoms with Crippen molar-refractivity contribution in [3.8, 4) is 5.75 Å². The van der Waals surface area contributed by atoms with Crippen molar-refractivity contribution in [2.24, 2.45) is 0 Å². The highest BCUT2D eigenvalue weighted by Crippen LogP contribution is 2.17.